The van der Waals surface area contributed by atoms with Crippen molar-refractivity contribution in [2.45, 2.75) is 6.42 Å². The number of carbonyl (C=O) groups is 1. The van der Waals surface area contributed by atoms with Crippen molar-refractivity contribution in [3.05, 3.63) is 28.2 Å². The Kier molecular flexibility index (Phi) is 3.36. The van der Waals surface area contributed by atoms with Gasteiger partial charge >= 0.3 is 5.97 Å². The Morgan fingerprint density at radius 2 is 2.38 bits per heavy atom. The molecule has 0 saturated heterocycles. The first kappa shape index (κ1) is 10.1. The highest BCUT2D eigenvalue weighted by Gasteiger charge is 2.09. The molecule has 70 valence electrons. The molecule has 0 aliphatic carbocycles. The number of aromatic nitrogens is 1. The summed E-state index contributed by atoms with van der Waals surface area (Å²) in [4.78, 5) is 14.6. The fourth-order valence-corrected chi connectivity index (χ4v) is 1.14. The third-order valence-corrected chi connectivity index (χ3v) is 1.87. The van der Waals surface area contributed by atoms with E-state index in [2.05, 4.69) is 25.7 Å². The van der Waals surface area contributed by atoms with E-state index in [-0.39, 0.29) is 12.1 Å². The van der Waals surface area contributed by atoms with Gasteiger partial charge in [0.05, 0.1) is 19.2 Å². The maximum Gasteiger partial charge on any atom is 0.311 e. The first-order valence-corrected chi connectivity index (χ1v) is 4.30. The van der Waals surface area contributed by atoms with E-state index in [4.69, 9.17) is 0 Å². The predicted molar refractivity (Wildman–Crippen MR) is 47.6 cm³/mol. The SMILES string of the molecule is COC(=O)Cc1nc(Br)ccc1F. The van der Waals surface area contributed by atoms with Gasteiger partial charge in [0.1, 0.15) is 10.4 Å². The average Bonchev–Trinajstić information content (AvgIpc) is 2.11. The lowest BCUT2D eigenvalue weighted by Crippen LogP contribution is -2.08. The average molecular weight is 248 g/mol. The fourth-order valence-electron chi connectivity index (χ4n) is 0.791. The van der Waals surface area contributed by atoms with E-state index in [1.807, 2.05) is 0 Å². The summed E-state index contributed by atoms with van der Waals surface area (Å²) in [5.41, 5.74) is 0.0845. The van der Waals surface area contributed by atoms with Crippen LogP contribution in [0.3, 0.4) is 0 Å². The van der Waals surface area contributed by atoms with Crippen molar-refractivity contribution in [3.63, 3.8) is 0 Å². The Morgan fingerprint density at radius 1 is 1.69 bits per heavy atom. The highest BCUT2D eigenvalue weighted by Crippen LogP contribution is 2.11. The van der Waals surface area contributed by atoms with Gasteiger partial charge in [-0.1, -0.05) is 0 Å². The van der Waals surface area contributed by atoms with E-state index in [0.29, 0.717) is 4.60 Å². The molecule has 0 aromatic carbocycles. The number of rotatable bonds is 2. The monoisotopic (exact) mass is 247 g/mol. The summed E-state index contributed by atoms with van der Waals surface area (Å²) in [5.74, 6) is -1.02. The van der Waals surface area contributed by atoms with E-state index in [0.717, 1.165) is 0 Å². The van der Waals surface area contributed by atoms with Crippen molar-refractivity contribution in [2.75, 3.05) is 7.11 Å². The topological polar surface area (TPSA) is 39.2 Å². The van der Waals surface area contributed by atoms with Crippen molar-refractivity contribution >= 4 is 21.9 Å². The Balaban J connectivity index is 2.87. The lowest BCUT2D eigenvalue weighted by molar-refractivity contribution is -0.139. The Hall–Kier alpha value is -0.970. The molecule has 0 fully saturated rings. The van der Waals surface area contributed by atoms with Crippen molar-refractivity contribution in [1.82, 2.24) is 4.98 Å². The number of pyridine rings is 1. The Morgan fingerprint density at radius 3 is 3.00 bits per heavy atom. The third kappa shape index (κ3) is 2.77. The molecular weight excluding hydrogens is 241 g/mol. The minimum absolute atomic E-state index is 0.0845. The summed E-state index contributed by atoms with van der Waals surface area (Å²) >= 11 is 3.08. The lowest BCUT2D eigenvalue weighted by Gasteiger charge is -2.00. The van der Waals surface area contributed by atoms with Crippen LogP contribution in [0.25, 0.3) is 0 Å². The number of esters is 1. The number of ether oxygens (including phenoxy) is 1. The Labute approximate surface area is 83.1 Å². The first-order chi connectivity index (χ1) is 6.13. The van der Waals surface area contributed by atoms with Gasteiger partial charge in [-0.05, 0) is 28.1 Å². The van der Waals surface area contributed by atoms with Crippen LogP contribution in [0.5, 0.6) is 0 Å². The number of carbonyl (C=O) groups excluding carboxylic acids is 1. The van der Waals surface area contributed by atoms with Gasteiger partial charge in [0, 0.05) is 0 Å². The summed E-state index contributed by atoms with van der Waals surface area (Å²) in [6.45, 7) is 0. The smallest absolute Gasteiger partial charge is 0.311 e. The van der Waals surface area contributed by atoms with Crippen LogP contribution in [-0.4, -0.2) is 18.1 Å². The van der Waals surface area contributed by atoms with E-state index in [9.17, 15) is 9.18 Å². The van der Waals surface area contributed by atoms with Crippen LogP contribution in [0.4, 0.5) is 4.39 Å². The summed E-state index contributed by atoms with van der Waals surface area (Å²) in [6.07, 6.45) is -0.151. The minimum atomic E-state index is -0.510. The maximum atomic E-state index is 13.0. The second kappa shape index (κ2) is 4.32. The van der Waals surface area contributed by atoms with Gasteiger partial charge < -0.3 is 4.74 Å². The molecule has 0 atom stereocenters. The maximum absolute atomic E-state index is 13.0. The fraction of sp³-hybridized carbons (Fsp3) is 0.250. The summed E-state index contributed by atoms with van der Waals surface area (Å²) in [6, 6.07) is 2.71. The van der Waals surface area contributed by atoms with Crippen LogP contribution in [0.1, 0.15) is 5.69 Å². The van der Waals surface area contributed by atoms with Gasteiger partial charge in [0.25, 0.3) is 0 Å². The second-order valence-corrected chi connectivity index (χ2v) is 3.13. The highest BCUT2D eigenvalue weighted by atomic mass is 79.9. The number of nitrogens with zero attached hydrogens (tertiary/aromatic N) is 1. The summed E-state index contributed by atoms with van der Waals surface area (Å²) in [7, 11) is 1.25. The summed E-state index contributed by atoms with van der Waals surface area (Å²) in [5, 5.41) is 0. The third-order valence-electron chi connectivity index (χ3n) is 1.42. The van der Waals surface area contributed by atoms with E-state index >= 15 is 0 Å². The molecule has 5 heteroatoms. The van der Waals surface area contributed by atoms with Crippen molar-refractivity contribution in [3.8, 4) is 0 Å². The molecule has 0 aliphatic heterocycles. The van der Waals surface area contributed by atoms with Crippen LogP contribution in [0.15, 0.2) is 16.7 Å². The van der Waals surface area contributed by atoms with E-state index in [1.54, 1.807) is 0 Å². The number of hydrogen-bond acceptors (Lipinski definition) is 3. The van der Waals surface area contributed by atoms with Gasteiger partial charge in [-0.15, -0.1) is 0 Å². The molecule has 1 aromatic rings. The van der Waals surface area contributed by atoms with Crippen molar-refractivity contribution in [1.29, 1.82) is 0 Å². The molecule has 3 nitrogen and oxygen atoms in total. The lowest BCUT2D eigenvalue weighted by atomic mass is 10.2. The predicted octanol–water partition coefficient (Wildman–Crippen LogP) is 1.70. The normalized spacial score (nSPS) is 9.77. The van der Waals surface area contributed by atoms with Gasteiger partial charge in [-0.3, -0.25) is 4.79 Å². The summed E-state index contributed by atoms with van der Waals surface area (Å²) < 4.78 is 17.9. The molecule has 0 aliphatic rings. The van der Waals surface area contributed by atoms with Gasteiger partial charge in [-0.25, -0.2) is 9.37 Å². The molecule has 0 unspecified atom stereocenters. The molecule has 13 heavy (non-hydrogen) atoms. The van der Waals surface area contributed by atoms with E-state index < -0.39 is 11.8 Å². The molecule has 0 saturated carbocycles. The van der Waals surface area contributed by atoms with Crippen LogP contribution < -0.4 is 0 Å². The van der Waals surface area contributed by atoms with Gasteiger partial charge in [-0.2, -0.15) is 0 Å². The molecule has 0 N–H and O–H groups in total. The number of methoxy groups -OCH3 is 1. The van der Waals surface area contributed by atoms with Gasteiger partial charge in [0.15, 0.2) is 0 Å². The quantitative estimate of drug-likeness (QED) is 0.590. The van der Waals surface area contributed by atoms with Gasteiger partial charge in [0.2, 0.25) is 0 Å². The molecule has 0 bridgehead atoms. The molecule has 0 amide bonds. The second-order valence-electron chi connectivity index (χ2n) is 2.32. The highest BCUT2D eigenvalue weighted by molar-refractivity contribution is 9.10. The molecule has 0 spiro atoms. The molecule has 1 rings (SSSR count). The molecule has 1 aromatic heterocycles. The van der Waals surface area contributed by atoms with Crippen LogP contribution >= 0.6 is 15.9 Å². The zero-order valence-corrected chi connectivity index (χ0v) is 8.47. The van der Waals surface area contributed by atoms with Crippen molar-refractivity contribution in [2.24, 2.45) is 0 Å². The zero-order chi connectivity index (χ0) is 9.84. The van der Waals surface area contributed by atoms with Crippen LogP contribution in [-0.2, 0) is 16.0 Å². The van der Waals surface area contributed by atoms with Crippen LogP contribution in [0, 0.1) is 5.82 Å². The zero-order valence-electron chi connectivity index (χ0n) is 6.88. The molecule has 1 heterocycles. The number of hydrogen-bond donors (Lipinski definition) is 0. The van der Waals surface area contributed by atoms with Crippen molar-refractivity contribution < 1.29 is 13.9 Å². The first-order valence-electron chi connectivity index (χ1n) is 3.51. The largest absolute Gasteiger partial charge is 0.469 e. The Bertz CT molecular complexity index is 330. The van der Waals surface area contributed by atoms with E-state index in [1.165, 1.54) is 19.2 Å². The minimum Gasteiger partial charge on any atom is -0.469 e. The number of halogens is 2. The standard InChI is InChI=1S/C8H7BrFNO2/c1-13-8(12)4-6-5(10)2-3-7(9)11-6/h2-3H,4H2,1H3. The molecular formula is C8H7BrFNO2. The van der Waals surface area contributed by atoms with Crippen LogP contribution in [0.2, 0.25) is 0 Å². The molecule has 0 radical (unpaired) electrons.